The first kappa shape index (κ1) is 36.9. The fraction of sp³-hybridized carbons (Fsp3) is 0.333. The van der Waals surface area contributed by atoms with Gasteiger partial charge >= 0.3 is 276 Å². The van der Waals surface area contributed by atoms with Gasteiger partial charge in [-0.05, 0) is 0 Å². The summed E-state index contributed by atoms with van der Waals surface area (Å²) in [5, 5.41) is 0. The van der Waals surface area contributed by atoms with E-state index >= 15 is 0 Å². The molecule has 0 radical (unpaired) electrons. The number of benzene rings is 4. The Balaban J connectivity index is 0.00000240. The third kappa shape index (κ3) is 6.80. The molecular formula is C42H48Cl2SiZr. The van der Waals surface area contributed by atoms with Crippen LogP contribution in [-0.2, 0) is 46.1 Å². The van der Waals surface area contributed by atoms with E-state index in [-0.39, 0.29) is 24.8 Å². The summed E-state index contributed by atoms with van der Waals surface area (Å²) in [6.07, 6.45) is 4.45. The van der Waals surface area contributed by atoms with E-state index in [0.29, 0.717) is 7.25 Å². The van der Waals surface area contributed by atoms with Crippen molar-refractivity contribution in [3.05, 3.63) is 152 Å². The Morgan fingerprint density at radius 2 is 0.870 bits per heavy atom. The van der Waals surface area contributed by atoms with Gasteiger partial charge in [0, 0.05) is 0 Å². The molecule has 0 bridgehead atoms. The molecule has 0 saturated heterocycles. The topological polar surface area (TPSA) is 0 Å². The van der Waals surface area contributed by atoms with Crippen LogP contribution in [0.3, 0.4) is 0 Å². The van der Waals surface area contributed by atoms with Gasteiger partial charge in [0.05, 0.1) is 0 Å². The van der Waals surface area contributed by atoms with Gasteiger partial charge in [-0.25, -0.2) is 0 Å². The maximum atomic E-state index is 2.67. The van der Waals surface area contributed by atoms with Crippen molar-refractivity contribution in [2.45, 2.75) is 87.6 Å². The number of hydrogen-bond donors (Lipinski definition) is 0. The molecule has 2 aliphatic rings. The van der Waals surface area contributed by atoms with E-state index in [1.54, 1.807) is 55.7 Å². The van der Waals surface area contributed by atoms with Gasteiger partial charge in [0.1, 0.15) is 0 Å². The minimum absolute atomic E-state index is 0. The van der Waals surface area contributed by atoms with Crippen LogP contribution in [0.5, 0.6) is 0 Å². The Bertz CT molecular complexity index is 1700. The Hall–Kier alpha value is -1.96. The molecule has 2 atom stereocenters. The Kier molecular flexibility index (Phi) is 12.4. The fourth-order valence-electron chi connectivity index (χ4n) is 8.21. The van der Waals surface area contributed by atoms with Crippen LogP contribution in [0.2, 0.25) is 13.1 Å². The van der Waals surface area contributed by atoms with Crippen LogP contribution in [-0.4, -0.2) is 5.43 Å². The molecule has 0 amide bonds. The van der Waals surface area contributed by atoms with E-state index < -0.39 is 25.8 Å². The van der Waals surface area contributed by atoms with Crippen molar-refractivity contribution >= 4 is 16.6 Å². The molecule has 0 N–H and O–H groups in total. The summed E-state index contributed by atoms with van der Waals surface area (Å²) in [6, 6.07) is 31.9. The van der Waals surface area contributed by atoms with Crippen molar-refractivity contribution in [2.24, 2.45) is 0 Å². The third-order valence-electron chi connectivity index (χ3n) is 10.7. The second-order valence-corrected chi connectivity index (χ2v) is 31.4. The largest absolute Gasteiger partial charge is 1.00 e. The number of halogens is 2. The van der Waals surface area contributed by atoms with Gasteiger partial charge < -0.3 is 24.8 Å². The molecule has 46 heavy (non-hydrogen) atoms. The fourth-order valence-corrected chi connectivity index (χ4v) is 29.7. The van der Waals surface area contributed by atoms with Gasteiger partial charge in [-0.15, -0.1) is 0 Å². The van der Waals surface area contributed by atoms with Crippen LogP contribution >= 0.6 is 0 Å². The minimum Gasteiger partial charge on any atom is -1.00 e. The second kappa shape index (κ2) is 15.5. The summed E-state index contributed by atoms with van der Waals surface area (Å²) in [5.74, 6) is 0. The molecule has 0 spiro atoms. The van der Waals surface area contributed by atoms with Crippen LogP contribution in [0, 0.1) is 13.8 Å². The molecule has 4 aromatic carbocycles. The normalized spacial score (nSPS) is 16.3. The average molecular weight is 743 g/mol. The summed E-state index contributed by atoms with van der Waals surface area (Å²) in [6.45, 7) is 20.1. The third-order valence-corrected chi connectivity index (χ3v) is 30.4. The molecule has 4 heteroatoms. The molecule has 2 unspecified atom stereocenters. The summed E-state index contributed by atoms with van der Waals surface area (Å²) in [7, 11) is 0. The first-order chi connectivity index (χ1) is 21.2. The Labute approximate surface area is 298 Å². The zero-order chi connectivity index (χ0) is 31.1. The van der Waals surface area contributed by atoms with Gasteiger partial charge in [0.15, 0.2) is 0 Å². The quantitative estimate of drug-likeness (QED) is 0.220. The van der Waals surface area contributed by atoms with Gasteiger partial charge in [-0.3, -0.25) is 0 Å². The van der Waals surface area contributed by atoms with Gasteiger partial charge in [0.25, 0.3) is 0 Å². The summed E-state index contributed by atoms with van der Waals surface area (Å²) in [5.41, 5.74) is 21.8. The maximum Gasteiger partial charge on any atom is -1.00 e. The van der Waals surface area contributed by atoms with Crippen LogP contribution in [0.1, 0.15) is 90.6 Å². The Morgan fingerprint density at radius 3 is 1.22 bits per heavy atom. The second-order valence-electron chi connectivity index (χ2n) is 13.6. The number of fused-ring (bicyclic) bond motifs is 2. The molecule has 0 nitrogen and oxygen atoms in total. The van der Waals surface area contributed by atoms with Gasteiger partial charge in [0.2, 0.25) is 0 Å². The molecule has 0 heterocycles. The molecule has 2 aliphatic carbocycles. The van der Waals surface area contributed by atoms with Gasteiger partial charge in [-0.1, -0.05) is 0 Å². The number of hydrogen-bond acceptors (Lipinski definition) is 0. The summed E-state index contributed by atoms with van der Waals surface area (Å²) >= 11 is -2.16. The van der Waals surface area contributed by atoms with E-state index in [9.17, 15) is 0 Å². The standard InChI is InChI=1S/2C20H21.C2H6Si.2ClH.Zr/c2*1-14-9-11-18(12-10-17-7-5-4-6-8-17)20-16(3)15(2)13-19(14)20;1-3-2;;;/h2*4-9,11,13H,10,12H2,1-3H3;1-2H3;2*1H;/q;;;;;+2/p-2. The van der Waals surface area contributed by atoms with Crippen molar-refractivity contribution < 1.29 is 45.2 Å². The van der Waals surface area contributed by atoms with Crippen molar-refractivity contribution in [2.75, 3.05) is 0 Å². The zero-order valence-electron chi connectivity index (χ0n) is 28.8. The van der Waals surface area contributed by atoms with Crippen LogP contribution in [0.4, 0.5) is 0 Å². The average Bonchev–Trinajstić information content (AvgIpc) is 3.44. The molecule has 0 aliphatic heterocycles. The molecule has 0 saturated carbocycles. The maximum absolute atomic E-state index is 2.67. The van der Waals surface area contributed by atoms with Crippen molar-refractivity contribution in [3.63, 3.8) is 0 Å². The molecular weight excluding hydrogens is 695 g/mol. The van der Waals surface area contributed by atoms with Crippen molar-refractivity contribution in [3.8, 4) is 0 Å². The zero-order valence-corrected chi connectivity index (χ0v) is 33.8. The Morgan fingerprint density at radius 1 is 0.500 bits per heavy atom. The molecule has 0 aromatic heterocycles. The van der Waals surface area contributed by atoms with Gasteiger partial charge in [-0.2, -0.15) is 0 Å². The predicted octanol–water partition coefficient (Wildman–Crippen LogP) is 5.15. The number of allylic oxidation sites excluding steroid dienone is 4. The van der Waals surface area contributed by atoms with E-state index in [2.05, 4.69) is 140 Å². The first-order valence-corrected chi connectivity index (χ1v) is 25.6. The van der Waals surface area contributed by atoms with E-state index in [4.69, 9.17) is 0 Å². The summed E-state index contributed by atoms with van der Waals surface area (Å²) < 4.78 is 1.36. The van der Waals surface area contributed by atoms with Crippen LogP contribution in [0.25, 0.3) is 11.1 Å². The SMILES string of the molecule is CC1=C(C)[CH]([Zr+2]([CH]2C(C)=C(C)c3c(CCc4ccccc4)ccc(C)c32)=[Si](C)C)c2c(C)ccc(CCc3ccccc3)c21.[Cl-].[Cl-]. The number of aryl methyl sites for hydroxylation is 6. The molecule has 0 fully saturated rings. The first-order valence-electron chi connectivity index (χ1n) is 16.5. The van der Waals surface area contributed by atoms with Crippen LogP contribution < -0.4 is 24.8 Å². The van der Waals surface area contributed by atoms with E-state index in [0.717, 1.165) is 25.7 Å². The molecule has 6 rings (SSSR count). The number of rotatable bonds is 8. The van der Waals surface area contributed by atoms with E-state index in [1.165, 1.54) is 22.3 Å². The minimum atomic E-state index is -2.16. The van der Waals surface area contributed by atoms with Crippen molar-refractivity contribution in [1.29, 1.82) is 0 Å². The molecule has 4 aromatic rings. The van der Waals surface area contributed by atoms with E-state index in [1.807, 2.05) is 0 Å². The molecule has 238 valence electrons. The monoisotopic (exact) mass is 740 g/mol. The summed E-state index contributed by atoms with van der Waals surface area (Å²) in [4.78, 5) is 0. The smallest absolute Gasteiger partial charge is 1.00 e. The van der Waals surface area contributed by atoms with Crippen LogP contribution in [0.15, 0.2) is 96.1 Å². The van der Waals surface area contributed by atoms with Crippen molar-refractivity contribution in [1.82, 2.24) is 0 Å². The predicted molar refractivity (Wildman–Crippen MR) is 190 cm³/mol.